The van der Waals surface area contributed by atoms with Crippen molar-refractivity contribution in [1.82, 2.24) is 9.80 Å². The summed E-state index contributed by atoms with van der Waals surface area (Å²) in [6.45, 7) is 6.91. The van der Waals surface area contributed by atoms with Gasteiger partial charge in [0.1, 0.15) is 0 Å². The van der Waals surface area contributed by atoms with Gasteiger partial charge in [-0.25, -0.2) is 0 Å². The van der Waals surface area contributed by atoms with Crippen LogP contribution in [0.25, 0.3) is 0 Å². The third kappa shape index (κ3) is 3.01. The quantitative estimate of drug-likeness (QED) is 0.676. The van der Waals surface area contributed by atoms with E-state index in [0.717, 1.165) is 19.5 Å². The first-order valence-electron chi connectivity index (χ1n) is 6.67. The Hall–Kier alpha value is -1.01. The molecule has 2 aliphatic rings. The molecule has 2 aliphatic heterocycles. The van der Waals surface area contributed by atoms with Gasteiger partial charge < -0.3 is 4.90 Å². The Bertz CT molecular complexity index is 332. The maximum atomic E-state index is 11.4. The molecule has 0 aromatic carbocycles. The Balaban J connectivity index is 1.76. The molecule has 2 unspecified atom stereocenters. The maximum absolute atomic E-state index is 11.4. The van der Waals surface area contributed by atoms with E-state index in [1.54, 1.807) is 0 Å². The molecule has 0 aliphatic carbocycles. The number of carbonyl (C=O) groups excluding carboxylic acids is 1. The zero-order valence-corrected chi connectivity index (χ0v) is 10.9. The predicted octanol–water partition coefficient (Wildman–Crippen LogP) is 1.48. The summed E-state index contributed by atoms with van der Waals surface area (Å²) in [5.41, 5.74) is 0. The highest BCUT2D eigenvalue weighted by Gasteiger charge is 2.25. The van der Waals surface area contributed by atoms with Gasteiger partial charge in [0.25, 0.3) is 0 Å². The van der Waals surface area contributed by atoms with Gasteiger partial charge in [0, 0.05) is 25.0 Å². The van der Waals surface area contributed by atoms with Gasteiger partial charge in [0.2, 0.25) is 5.91 Å². The lowest BCUT2D eigenvalue weighted by Gasteiger charge is -2.22. The van der Waals surface area contributed by atoms with Crippen LogP contribution in [0, 0.1) is 11.8 Å². The molecule has 2 atom stereocenters. The van der Waals surface area contributed by atoms with Crippen LogP contribution >= 0.6 is 0 Å². The van der Waals surface area contributed by atoms with Gasteiger partial charge in [-0.3, -0.25) is 9.69 Å². The van der Waals surface area contributed by atoms with E-state index in [9.17, 15) is 4.79 Å². The SMILES string of the molecule is CC1CCC(C)N1CC#CCN1CCCC1=O. The predicted molar refractivity (Wildman–Crippen MR) is 68.5 cm³/mol. The minimum Gasteiger partial charge on any atom is -0.332 e. The average molecular weight is 234 g/mol. The Kier molecular flexibility index (Phi) is 4.06. The minimum absolute atomic E-state index is 0.266. The van der Waals surface area contributed by atoms with Crippen LogP contribution in [-0.2, 0) is 4.79 Å². The monoisotopic (exact) mass is 234 g/mol. The second-order valence-electron chi connectivity index (χ2n) is 5.22. The maximum Gasteiger partial charge on any atom is 0.223 e. The molecule has 0 aromatic heterocycles. The highest BCUT2D eigenvalue weighted by atomic mass is 16.2. The molecule has 0 radical (unpaired) electrons. The van der Waals surface area contributed by atoms with Gasteiger partial charge in [0.15, 0.2) is 0 Å². The summed E-state index contributed by atoms with van der Waals surface area (Å²) in [7, 11) is 0. The summed E-state index contributed by atoms with van der Waals surface area (Å²) in [5, 5.41) is 0. The summed E-state index contributed by atoms with van der Waals surface area (Å²) in [6, 6.07) is 1.32. The van der Waals surface area contributed by atoms with Crippen molar-refractivity contribution in [3.05, 3.63) is 0 Å². The zero-order chi connectivity index (χ0) is 12.3. The topological polar surface area (TPSA) is 23.6 Å². The molecule has 3 nitrogen and oxygen atoms in total. The van der Waals surface area contributed by atoms with Gasteiger partial charge in [0.05, 0.1) is 13.1 Å². The highest BCUT2D eigenvalue weighted by molar-refractivity contribution is 5.78. The van der Waals surface area contributed by atoms with Gasteiger partial charge in [-0.15, -0.1) is 0 Å². The van der Waals surface area contributed by atoms with E-state index >= 15 is 0 Å². The molecule has 0 saturated carbocycles. The van der Waals surface area contributed by atoms with E-state index in [4.69, 9.17) is 0 Å². The van der Waals surface area contributed by atoms with Gasteiger partial charge in [-0.2, -0.15) is 0 Å². The van der Waals surface area contributed by atoms with Crippen LogP contribution in [0.2, 0.25) is 0 Å². The van der Waals surface area contributed by atoms with Gasteiger partial charge >= 0.3 is 0 Å². The van der Waals surface area contributed by atoms with Crippen LogP contribution < -0.4 is 0 Å². The van der Waals surface area contributed by atoms with Crippen LogP contribution in [0.15, 0.2) is 0 Å². The first-order valence-corrected chi connectivity index (χ1v) is 6.67. The van der Waals surface area contributed by atoms with E-state index in [-0.39, 0.29) is 5.91 Å². The second kappa shape index (κ2) is 5.55. The largest absolute Gasteiger partial charge is 0.332 e. The number of carbonyl (C=O) groups is 1. The fraction of sp³-hybridized carbons (Fsp3) is 0.786. The zero-order valence-electron chi connectivity index (χ0n) is 10.9. The molecule has 3 heteroatoms. The molecule has 0 aromatic rings. The second-order valence-corrected chi connectivity index (χ2v) is 5.22. The molecule has 2 saturated heterocycles. The van der Waals surface area contributed by atoms with E-state index in [0.29, 0.717) is 25.0 Å². The van der Waals surface area contributed by atoms with Crippen molar-refractivity contribution in [3.63, 3.8) is 0 Å². The summed E-state index contributed by atoms with van der Waals surface area (Å²) in [6.07, 6.45) is 4.28. The lowest BCUT2D eigenvalue weighted by molar-refractivity contribution is -0.127. The third-order valence-corrected chi connectivity index (χ3v) is 3.96. The first-order chi connectivity index (χ1) is 8.18. The summed E-state index contributed by atoms with van der Waals surface area (Å²) < 4.78 is 0. The Labute approximate surface area is 104 Å². The fourth-order valence-electron chi connectivity index (χ4n) is 2.73. The molecule has 0 spiro atoms. The van der Waals surface area contributed by atoms with E-state index < -0.39 is 0 Å². The van der Waals surface area contributed by atoms with Crippen molar-refractivity contribution in [2.45, 2.75) is 51.6 Å². The number of rotatable bonds is 2. The molecule has 0 N–H and O–H groups in total. The Morgan fingerprint density at radius 3 is 2.41 bits per heavy atom. The molecule has 2 heterocycles. The molecule has 17 heavy (non-hydrogen) atoms. The van der Waals surface area contributed by atoms with Gasteiger partial charge in [-0.05, 0) is 33.1 Å². The summed E-state index contributed by atoms with van der Waals surface area (Å²) >= 11 is 0. The lowest BCUT2D eigenvalue weighted by atomic mass is 10.2. The van der Waals surface area contributed by atoms with Crippen LogP contribution in [0.5, 0.6) is 0 Å². The van der Waals surface area contributed by atoms with E-state index in [1.807, 2.05) is 4.90 Å². The van der Waals surface area contributed by atoms with Crippen molar-refractivity contribution < 1.29 is 4.79 Å². The average Bonchev–Trinajstić information content (AvgIpc) is 2.84. The highest BCUT2D eigenvalue weighted by Crippen LogP contribution is 2.22. The first kappa shape index (κ1) is 12.4. The Morgan fingerprint density at radius 2 is 1.82 bits per heavy atom. The Morgan fingerprint density at radius 1 is 1.18 bits per heavy atom. The summed E-state index contributed by atoms with van der Waals surface area (Å²) in [5.74, 6) is 6.62. The fourth-order valence-corrected chi connectivity index (χ4v) is 2.73. The number of nitrogens with zero attached hydrogens (tertiary/aromatic N) is 2. The molecule has 94 valence electrons. The van der Waals surface area contributed by atoms with Crippen molar-refractivity contribution in [2.75, 3.05) is 19.6 Å². The lowest BCUT2D eigenvalue weighted by Crippen LogP contribution is -2.33. The van der Waals surface area contributed by atoms with Gasteiger partial charge in [-0.1, -0.05) is 11.8 Å². The third-order valence-electron chi connectivity index (χ3n) is 3.96. The van der Waals surface area contributed by atoms with Crippen molar-refractivity contribution >= 4 is 5.91 Å². The van der Waals surface area contributed by atoms with Crippen molar-refractivity contribution in [2.24, 2.45) is 0 Å². The van der Waals surface area contributed by atoms with E-state index in [1.165, 1.54) is 12.8 Å². The molecule has 0 bridgehead atoms. The molecular weight excluding hydrogens is 212 g/mol. The number of hydrogen-bond acceptors (Lipinski definition) is 2. The van der Waals surface area contributed by atoms with Crippen LogP contribution in [0.4, 0.5) is 0 Å². The smallest absolute Gasteiger partial charge is 0.223 e. The number of likely N-dealkylation sites (tertiary alicyclic amines) is 2. The number of amides is 1. The van der Waals surface area contributed by atoms with Crippen LogP contribution in [-0.4, -0.2) is 47.4 Å². The normalized spacial score (nSPS) is 29.5. The standard InChI is InChI=1S/C14H22N2O/c1-12-7-8-13(2)16(12)11-4-3-9-15-10-5-6-14(15)17/h12-13H,5-11H2,1-2H3. The van der Waals surface area contributed by atoms with E-state index in [2.05, 4.69) is 30.6 Å². The molecule has 1 amide bonds. The van der Waals surface area contributed by atoms with Crippen LogP contribution in [0.3, 0.4) is 0 Å². The molecular formula is C14H22N2O. The molecule has 2 rings (SSSR count). The summed E-state index contributed by atoms with van der Waals surface area (Å²) in [4.78, 5) is 15.7. The van der Waals surface area contributed by atoms with Crippen molar-refractivity contribution in [1.29, 1.82) is 0 Å². The minimum atomic E-state index is 0.266. The number of hydrogen-bond donors (Lipinski definition) is 0. The van der Waals surface area contributed by atoms with Crippen LogP contribution in [0.1, 0.15) is 39.5 Å². The van der Waals surface area contributed by atoms with Crippen molar-refractivity contribution in [3.8, 4) is 11.8 Å². The molecule has 2 fully saturated rings.